The Morgan fingerprint density at radius 2 is 1.85 bits per heavy atom. The highest BCUT2D eigenvalue weighted by molar-refractivity contribution is 5.97. The lowest BCUT2D eigenvalue weighted by molar-refractivity contribution is -0.290. The van der Waals surface area contributed by atoms with Gasteiger partial charge in [0.05, 0.1) is 23.5 Å². The van der Waals surface area contributed by atoms with Crippen LogP contribution in [0.4, 0.5) is 0 Å². The van der Waals surface area contributed by atoms with Crippen LogP contribution in [-0.4, -0.2) is 61.2 Å². The van der Waals surface area contributed by atoms with Crippen LogP contribution in [0, 0.1) is 28.1 Å². The summed E-state index contributed by atoms with van der Waals surface area (Å²) in [6, 6.07) is 0. The minimum absolute atomic E-state index is 0.0210. The van der Waals surface area contributed by atoms with Gasteiger partial charge < -0.3 is 25.5 Å². The number of ketones is 1. The molecule has 4 aliphatic carbocycles. The Labute approximate surface area is 158 Å². The quantitative estimate of drug-likeness (QED) is 0.468. The molecule has 0 radical (unpaired) electrons. The monoisotopic (exact) mass is 382 g/mol. The topological polar surface area (TPSA) is 135 Å². The fourth-order valence-corrected chi connectivity index (χ4v) is 7.80. The number of carboxylic acids is 1. The first-order valence-corrected chi connectivity index (χ1v) is 9.96. The molecule has 8 atom stereocenters. The number of fused-ring (bicyclic) bond motifs is 3. The molecule has 4 saturated carbocycles. The molecule has 0 aromatic heterocycles. The first kappa shape index (κ1) is 19.3. The fourth-order valence-electron chi connectivity index (χ4n) is 7.80. The minimum atomic E-state index is -1.95. The third kappa shape index (κ3) is 1.83. The van der Waals surface area contributed by atoms with Crippen LogP contribution in [0.15, 0.2) is 0 Å². The van der Waals surface area contributed by atoms with Gasteiger partial charge in [-0.25, -0.2) is 0 Å². The SMILES string of the molecule is C[C@@]1(C(=O)O)CCC[C@]2(C)[C@@H]1CC[C@@]13C[C@H](C[C@H](O)[C@]12O)[C@](O)(CO)C3=O. The Balaban J connectivity index is 1.90. The van der Waals surface area contributed by atoms with E-state index in [-0.39, 0.29) is 25.2 Å². The highest BCUT2D eigenvalue weighted by atomic mass is 16.4. The molecule has 1 spiro atoms. The molecule has 4 fully saturated rings. The van der Waals surface area contributed by atoms with Crippen molar-refractivity contribution in [3.05, 3.63) is 0 Å². The first-order valence-electron chi connectivity index (χ1n) is 9.96. The summed E-state index contributed by atoms with van der Waals surface area (Å²) in [4.78, 5) is 25.5. The molecule has 152 valence electrons. The normalized spacial score (nSPS) is 57.1. The van der Waals surface area contributed by atoms with E-state index in [2.05, 4.69) is 0 Å². The number of hydrogen-bond acceptors (Lipinski definition) is 6. The van der Waals surface area contributed by atoms with Crippen LogP contribution in [-0.2, 0) is 9.59 Å². The third-order valence-electron chi connectivity index (χ3n) is 9.21. The van der Waals surface area contributed by atoms with Gasteiger partial charge in [-0.05, 0) is 51.4 Å². The molecule has 7 heteroatoms. The van der Waals surface area contributed by atoms with E-state index in [0.29, 0.717) is 25.7 Å². The molecule has 27 heavy (non-hydrogen) atoms. The summed E-state index contributed by atoms with van der Waals surface area (Å²) in [5.74, 6) is -2.47. The van der Waals surface area contributed by atoms with Crippen LogP contribution in [0.2, 0.25) is 0 Å². The zero-order valence-electron chi connectivity index (χ0n) is 15.9. The van der Waals surface area contributed by atoms with Crippen molar-refractivity contribution >= 4 is 11.8 Å². The zero-order valence-corrected chi connectivity index (χ0v) is 15.9. The van der Waals surface area contributed by atoms with Crippen LogP contribution < -0.4 is 0 Å². The molecule has 0 aromatic carbocycles. The van der Waals surface area contributed by atoms with E-state index in [1.165, 1.54) is 0 Å². The molecular formula is C20H30O7. The Morgan fingerprint density at radius 1 is 1.19 bits per heavy atom. The van der Waals surface area contributed by atoms with Gasteiger partial charge in [-0.1, -0.05) is 13.3 Å². The van der Waals surface area contributed by atoms with E-state index >= 15 is 0 Å². The highest BCUT2D eigenvalue weighted by Crippen LogP contribution is 2.73. The van der Waals surface area contributed by atoms with Crippen LogP contribution in [0.25, 0.3) is 0 Å². The molecule has 0 amide bonds. The largest absolute Gasteiger partial charge is 0.481 e. The van der Waals surface area contributed by atoms with E-state index < -0.39 is 57.8 Å². The minimum Gasteiger partial charge on any atom is -0.481 e. The summed E-state index contributed by atoms with van der Waals surface area (Å²) >= 11 is 0. The predicted octanol–water partition coefficient (Wildman–Crippen LogP) is 0.472. The lowest BCUT2D eigenvalue weighted by Gasteiger charge is -2.67. The number of Topliss-reactive ketones (excluding diaryl/α,β-unsaturated/α-hetero) is 1. The predicted molar refractivity (Wildman–Crippen MR) is 93.6 cm³/mol. The maximum Gasteiger partial charge on any atom is 0.309 e. The van der Waals surface area contributed by atoms with Gasteiger partial charge in [-0.2, -0.15) is 0 Å². The summed E-state index contributed by atoms with van der Waals surface area (Å²) in [7, 11) is 0. The number of aliphatic hydroxyl groups excluding tert-OH is 2. The van der Waals surface area contributed by atoms with Crippen LogP contribution in [0.5, 0.6) is 0 Å². The van der Waals surface area contributed by atoms with Gasteiger partial charge in [0.25, 0.3) is 0 Å². The van der Waals surface area contributed by atoms with Crippen LogP contribution >= 0.6 is 0 Å². The van der Waals surface area contributed by atoms with Gasteiger partial charge in [0.15, 0.2) is 5.78 Å². The fraction of sp³-hybridized carbons (Fsp3) is 0.900. The number of carboxylic acid groups (broad SMARTS) is 1. The number of hydrogen-bond donors (Lipinski definition) is 5. The van der Waals surface area contributed by atoms with E-state index in [1.807, 2.05) is 6.92 Å². The van der Waals surface area contributed by atoms with Crippen molar-refractivity contribution in [2.75, 3.05) is 6.61 Å². The Kier molecular flexibility index (Phi) is 3.80. The molecule has 5 N–H and O–H groups in total. The first-order chi connectivity index (χ1) is 12.4. The van der Waals surface area contributed by atoms with Gasteiger partial charge in [0, 0.05) is 11.3 Å². The van der Waals surface area contributed by atoms with E-state index in [9.17, 15) is 35.1 Å². The van der Waals surface area contributed by atoms with Crippen molar-refractivity contribution < 1.29 is 35.1 Å². The number of carbonyl (C=O) groups excluding carboxylic acids is 1. The van der Waals surface area contributed by atoms with Gasteiger partial charge in [0.1, 0.15) is 11.2 Å². The van der Waals surface area contributed by atoms with Gasteiger partial charge in [0.2, 0.25) is 0 Å². The Hall–Kier alpha value is -1.02. The molecular weight excluding hydrogens is 352 g/mol. The lowest BCUT2D eigenvalue weighted by atomic mass is 9.38. The van der Waals surface area contributed by atoms with Gasteiger partial charge >= 0.3 is 5.97 Å². The number of aliphatic hydroxyl groups is 4. The molecule has 0 aliphatic heterocycles. The second kappa shape index (κ2) is 5.32. The Morgan fingerprint density at radius 3 is 2.44 bits per heavy atom. The summed E-state index contributed by atoms with van der Waals surface area (Å²) in [6.07, 6.45) is 1.27. The number of aliphatic carboxylic acids is 1. The molecule has 0 heterocycles. The summed E-state index contributed by atoms with van der Waals surface area (Å²) in [5, 5.41) is 53.6. The van der Waals surface area contributed by atoms with Crippen molar-refractivity contribution in [1.82, 2.24) is 0 Å². The summed E-state index contributed by atoms with van der Waals surface area (Å²) in [5.41, 5.74) is -7.09. The molecule has 2 bridgehead atoms. The molecule has 0 unspecified atom stereocenters. The maximum atomic E-state index is 13.4. The molecule has 0 saturated heterocycles. The van der Waals surface area contributed by atoms with Crippen molar-refractivity contribution in [2.45, 2.75) is 76.1 Å². The van der Waals surface area contributed by atoms with Gasteiger partial charge in [-0.15, -0.1) is 0 Å². The second-order valence-electron chi connectivity index (χ2n) is 10.00. The third-order valence-corrected chi connectivity index (χ3v) is 9.21. The maximum absolute atomic E-state index is 13.4. The molecule has 4 aliphatic rings. The summed E-state index contributed by atoms with van der Waals surface area (Å²) in [6.45, 7) is 2.79. The average Bonchev–Trinajstić information content (AvgIpc) is 2.79. The zero-order chi connectivity index (χ0) is 20.0. The second-order valence-corrected chi connectivity index (χ2v) is 10.00. The smallest absolute Gasteiger partial charge is 0.309 e. The van der Waals surface area contributed by atoms with Crippen LogP contribution in [0.1, 0.15) is 58.8 Å². The highest BCUT2D eigenvalue weighted by Gasteiger charge is 2.81. The van der Waals surface area contributed by atoms with E-state index in [4.69, 9.17) is 0 Å². The Bertz CT molecular complexity index is 708. The van der Waals surface area contributed by atoms with Crippen molar-refractivity contribution in [2.24, 2.45) is 28.1 Å². The number of rotatable bonds is 2. The van der Waals surface area contributed by atoms with Crippen molar-refractivity contribution in [3.63, 3.8) is 0 Å². The molecule has 4 rings (SSSR count). The van der Waals surface area contributed by atoms with Crippen molar-refractivity contribution in [3.8, 4) is 0 Å². The number of carbonyl (C=O) groups is 2. The van der Waals surface area contributed by atoms with Crippen molar-refractivity contribution in [1.29, 1.82) is 0 Å². The lowest BCUT2D eigenvalue weighted by Crippen LogP contribution is -2.75. The molecule has 0 aromatic rings. The summed E-state index contributed by atoms with van der Waals surface area (Å²) < 4.78 is 0. The van der Waals surface area contributed by atoms with E-state index in [0.717, 1.165) is 0 Å². The van der Waals surface area contributed by atoms with E-state index in [1.54, 1.807) is 6.92 Å². The molecule has 7 nitrogen and oxygen atoms in total. The van der Waals surface area contributed by atoms with Gasteiger partial charge in [-0.3, -0.25) is 9.59 Å². The average molecular weight is 382 g/mol. The van der Waals surface area contributed by atoms with Crippen LogP contribution in [0.3, 0.4) is 0 Å². The standard InChI is InChI=1S/C20H30O7/c1-16(15(24)25)5-3-6-17(2)12(16)4-7-18-9-11(8-13(22)20(17,18)27)19(26,10-21)14(18)23/h11-13,21-22,26-27H,3-10H2,1-2H3,(H,24,25)/t11-,12+,13-,16+,17+,18-,19+,20+/m0/s1.